The number of carbonyl (C=O) groups excluding carboxylic acids is 9. The third kappa shape index (κ3) is 22.0. The summed E-state index contributed by atoms with van der Waals surface area (Å²) in [6, 6.07) is -2.26. The second kappa shape index (κ2) is 30.2. The van der Waals surface area contributed by atoms with Crippen LogP contribution in [0.25, 0.3) is 0 Å². The van der Waals surface area contributed by atoms with Crippen molar-refractivity contribution in [1.29, 1.82) is 0 Å². The summed E-state index contributed by atoms with van der Waals surface area (Å²) >= 11 is 0. The molecule has 0 aliphatic heterocycles. The fourth-order valence-electron chi connectivity index (χ4n) is 6.09. The van der Waals surface area contributed by atoms with E-state index in [0.717, 1.165) is 0 Å². The maximum Gasteiger partial charge on any atom is 0.245 e. The molecule has 1 rings (SSSR count). The predicted molar refractivity (Wildman–Crippen MR) is 236 cm³/mol. The molecule has 0 saturated heterocycles. The Kier molecular flexibility index (Phi) is 26.5. The molecule has 65 heavy (non-hydrogen) atoms. The molecule has 0 aliphatic carbocycles. The molecule has 0 aliphatic rings. The summed E-state index contributed by atoms with van der Waals surface area (Å²) < 4.78 is 0. The number of aromatic hydroxyl groups is 1. The lowest BCUT2D eigenvalue weighted by molar-refractivity contribution is -0.136. The number of hydrogen-bond donors (Lipinski definition) is 15. The molecular formula is C41H70N12O12. The van der Waals surface area contributed by atoms with Gasteiger partial charge in [0.1, 0.15) is 36.0 Å². The Morgan fingerprint density at radius 1 is 0.569 bits per heavy atom. The Bertz CT molecular complexity index is 1730. The van der Waals surface area contributed by atoms with Crippen LogP contribution in [-0.2, 0) is 49.6 Å². The molecule has 9 amide bonds. The van der Waals surface area contributed by atoms with E-state index in [-0.39, 0.29) is 25.1 Å². The molecule has 0 unspecified atom stereocenters. The first-order valence-corrected chi connectivity index (χ1v) is 21.6. The Morgan fingerprint density at radius 2 is 1.05 bits per heavy atom. The SMILES string of the molecule is CC[C@H](C)[C@H](NC(=O)[C@H](Cc1ccc(O)cc1)NC(=O)CNC(=O)[C@@H](NC(=O)CNC(=O)[C@@H](N)CCCCN)[C@@H](C)O)C(=O)N[C@@H](CCCCN)C(=O)N[C@H](C(=O)NCC(N)=O)[C@@H](C)O. The molecule has 0 spiro atoms. The number of phenols is 1. The molecular weight excluding hydrogens is 853 g/mol. The maximum atomic E-state index is 14.0. The number of nitrogens with one attached hydrogen (secondary N) is 8. The zero-order valence-corrected chi connectivity index (χ0v) is 37.5. The summed E-state index contributed by atoms with van der Waals surface area (Å²) in [5.74, 6) is -8.21. The van der Waals surface area contributed by atoms with Gasteiger partial charge in [0.15, 0.2) is 0 Å². The number of aliphatic hydroxyl groups is 2. The normalized spacial score (nSPS) is 15.2. The van der Waals surface area contributed by atoms with Crippen LogP contribution in [-0.4, -0.2) is 150 Å². The van der Waals surface area contributed by atoms with E-state index >= 15 is 0 Å². The molecule has 1 aromatic rings. The van der Waals surface area contributed by atoms with Gasteiger partial charge in [0.2, 0.25) is 53.2 Å². The topological polar surface area (TPSA) is 415 Å². The summed E-state index contributed by atoms with van der Waals surface area (Å²) in [7, 11) is 0. The highest BCUT2D eigenvalue weighted by Crippen LogP contribution is 2.14. The van der Waals surface area contributed by atoms with E-state index < -0.39 is 127 Å². The van der Waals surface area contributed by atoms with Crippen molar-refractivity contribution in [3.05, 3.63) is 29.8 Å². The highest BCUT2D eigenvalue weighted by atomic mass is 16.3. The average Bonchev–Trinajstić information content (AvgIpc) is 3.26. The lowest BCUT2D eigenvalue weighted by Crippen LogP contribution is -2.61. The number of phenolic OH excluding ortho intramolecular Hbond substituents is 1. The van der Waals surface area contributed by atoms with Crippen LogP contribution in [0.1, 0.15) is 78.2 Å². The summed E-state index contributed by atoms with van der Waals surface area (Å²) in [5, 5.41) is 49.7. The monoisotopic (exact) mass is 923 g/mol. The third-order valence-electron chi connectivity index (χ3n) is 10.1. The van der Waals surface area contributed by atoms with Crippen molar-refractivity contribution < 1.29 is 58.5 Å². The first kappa shape index (κ1) is 57.1. The molecule has 0 radical (unpaired) electrons. The number of hydrogen-bond acceptors (Lipinski definition) is 15. The minimum Gasteiger partial charge on any atom is -0.508 e. The fraction of sp³-hybridized carbons (Fsp3) is 0.634. The van der Waals surface area contributed by atoms with Crippen molar-refractivity contribution in [2.24, 2.45) is 28.9 Å². The first-order valence-electron chi connectivity index (χ1n) is 21.6. The molecule has 24 nitrogen and oxygen atoms in total. The van der Waals surface area contributed by atoms with Crippen molar-refractivity contribution >= 4 is 53.2 Å². The number of unbranched alkanes of at least 4 members (excludes halogenated alkanes) is 2. The van der Waals surface area contributed by atoms with Gasteiger partial charge in [-0.05, 0) is 82.7 Å². The van der Waals surface area contributed by atoms with Gasteiger partial charge < -0.3 is 80.8 Å². The van der Waals surface area contributed by atoms with Crippen LogP contribution in [0, 0.1) is 5.92 Å². The number of benzene rings is 1. The third-order valence-corrected chi connectivity index (χ3v) is 10.1. The van der Waals surface area contributed by atoms with E-state index in [1.54, 1.807) is 13.8 Å². The summed E-state index contributed by atoms with van der Waals surface area (Å²) in [4.78, 5) is 117. The number of carbonyl (C=O) groups is 9. The van der Waals surface area contributed by atoms with Crippen LogP contribution in [0.4, 0.5) is 0 Å². The van der Waals surface area contributed by atoms with Crippen LogP contribution in [0.2, 0.25) is 0 Å². The van der Waals surface area contributed by atoms with Gasteiger partial charge in [0.25, 0.3) is 0 Å². The minimum absolute atomic E-state index is 0.0392. The summed E-state index contributed by atoms with van der Waals surface area (Å²) in [5.41, 5.74) is 22.5. The highest BCUT2D eigenvalue weighted by molar-refractivity contribution is 5.97. The molecule has 0 heterocycles. The lowest BCUT2D eigenvalue weighted by atomic mass is 9.96. The molecule has 1 aromatic carbocycles. The highest BCUT2D eigenvalue weighted by Gasteiger charge is 2.35. The second-order valence-corrected chi connectivity index (χ2v) is 15.7. The van der Waals surface area contributed by atoms with Crippen molar-refractivity contribution in [3.8, 4) is 5.75 Å². The quantitative estimate of drug-likeness (QED) is 0.0309. The van der Waals surface area contributed by atoms with Crippen LogP contribution in [0.15, 0.2) is 24.3 Å². The predicted octanol–water partition coefficient (Wildman–Crippen LogP) is -5.41. The Hall–Kier alpha value is -5.95. The van der Waals surface area contributed by atoms with E-state index in [9.17, 15) is 58.5 Å². The van der Waals surface area contributed by atoms with Crippen molar-refractivity contribution in [1.82, 2.24) is 42.5 Å². The summed E-state index contributed by atoms with van der Waals surface area (Å²) in [6.07, 6.45) is -0.237. The molecule has 366 valence electrons. The van der Waals surface area contributed by atoms with Gasteiger partial charge in [0.05, 0.1) is 37.9 Å². The van der Waals surface area contributed by atoms with E-state index in [1.807, 2.05) is 0 Å². The van der Waals surface area contributed by atoms with Gasteiger partial charge in [0, 0.05) is 6.42 Å². The minimum atomic E-state index is -1.56. The number of aliphatic hydroxyl groups excluding tert-OH is 2. The number of amides is 9. The van der Waals surface area contributed by atoms with Gasteiger partial charge in [-0.3, -0.25) is 43.2 Å². The van der Waals surface area contributed by atoms with Crippen molar-refractivity contribution in [3.63, 3.8) is 0 Å². The van der Waals surface area contributed by atoms with E-state index in [0.29, 0.717) is 50.6 Å². The Labute approximate surface area is 378 Å². The molecule has 0 fully saturated rings. The van der Waals surface area contributed by atoms with Crippen LogP contribution < -0.4 is 65.5 Å². The Balaban J connectivity index is 3.23. The van der Waals surface area contributed by atoms with Gasteiger partial charge in [-0.1, -0.05) is 38.8 Å². The fourth-order valence-corrected chi connectivity index (χ4v) is 6.09. The molecule has 9 atom stereocenters. The molecule has 0 bridgehead atoms. The number of nitrogens with two attached hydrogens (primary N) is 4. The molecule has 24 heteroatoms. The molecule has 0 saturated carbocycles. The lowest BCUT2D eigenvalue weighted by Gasteiger charge is -2.29. The number of primary amides is 1. The Morgan fingerprint density at radius 3 is 1.57 bits per heavy atom. The largest absolute Gasteiger partial charge is 0.508 e. The van der Waals surface area contributed by atoms with Gasteiger partial charge in [-0.2, -0.15) is 0 Å². The van der Waals surface area contributed by atoms with Crippen molar-refractivity contribution in [2.75, 3.05) is 32.7 Å². The zero-order valence-electron chi connectivity index (χ0n) is 37.5. The second-order valence-electron chi connectivity index (χ2n) is 15.7. The van der Waals surface area contributed by atoms with E-state index in [2.05, 4.69) is 42.5 Å². The van der Waals surface area contributed by atoms with Crippen LogP contribution >= 0.6 is 0 Å². The summed E-state index contributed by atoms with van der Waals surface area (Å²) in [6.45, 7) is 4.69. The van der Waals surface area contributed by atoms with Crippen LogP contribution in [0.5, 0.6) is 5.75 Å². The zero-order chi connectivity index (χ0) is 49.2. The van der Waals surface area contributed by atoms with Gasteiger partial charge >= 0.3 is 0 Å². The first-order chi connectivity index (χ1) is 30.6. The maximum absolute atomic E-state index is 14.0. The van der Waals surface area contributed by atoms with Gasteiger partial charge in [-0.15, -0.1) is 0 Å². The molecule has 0 aromatic heterocycles. The van der Waals surface area contributed by atoms with Gasteiger partial charge in [-0.25, -0.2) is 0 Å². The van der Waals surface area contributed by atoms with Crippen molar-refractivity contribution in [2.45, 2.75) is 128 Å². The smallest absolute Gasteiger partial charge is 0.245 e. The average molecular weight is 923 g/mol. The van der Waals surface area contributed by atoms with Crippen LogP contribution in [0.3, 0.4) is 0 Å². The van der Waals surface area contributed by atoms with E-state index in [1.165, 1.54) is 38.1 Å². The molecule has 19 N–H and O–H groups in total. The number of rotatable bonds is 31. The van der Waals surface area contributed by atoms with E-state index in [4.69, 9.17) is 22.9 Å². The standard InChI is InChI=1S/C41H70N12O12/c1-5-22(2)33(41(65)50-28(11-7-9-17-43)37(61)53-35(24(4)55)40(64)46-19-30(45)57)52-38(62)29(18-25-12-14-26(56)15-13-25)49-31(58)20-48-39(63)34(23(3)54)51-32(59)21-47-36(60)27(44)10-6-8-16-42/h12-15,22-24,27-29,33-35,54-56H,5-11,16-21,42-44H2,1-4H3,(H2,45,57)(H,46,64)(H,47,60)(H,48,63)(H,49,58)(H,50,65)(H,51,59)(H,52,62)(H,53,61)/t22-,23+,24+,27-,28-,29-,33-,34-,35-/m0/s1.